The van der Waals surface area contributed by atoms with Gasteiger partial charge in [-0.05, 0) is 49.3 Å². The van der Waals surface area contributed by atoms with E-state index in [1.807, 2.05) is 11.9 Å². The maximum absolute atomic E-state index is 13.2. The Bertz CT molecular complexity index is 753. The molecule has 1 N–H and O–H groups in total. The highest BCUT2D eigenvalue weighted by molar-refractivity contribution is 7.80. The van der Waals surface area contributed by atoms with E-state index >= 15 is 0 Å². The van der Waals surface area contributed by atoms with E-state index in [2.05, 4.69) is 36.5 Å². The number of rotatable bonds is 3. The van der Waals surface area contributed by atoms with Crippen LogP contribution in [0.4, 0.5) is 4.39 Å². The van der Waals surface area contributed by atoms with Gasteiger partial charge in [-0.25, -0.2) is 9.40 Å². The van der Waals surface area contributed by atoms with Gasteiger partial charge in [-0.2, -0.15) is 5.10 Å². The standard InChI is InChI=1S/C19H20FN3S/c1-3-21-19(24)23-18(15-8-10-16(20)11-9-15)12-17(22-23)14-6-4-13(2)5-7-14/h4-11,18H,3,12H2,1-2H3,(H,21,24). The van der Waals surface area contributed by atoms with E-state index < -0.39 is 0 Å². The molecule has 1 aliphatic heterocycles. The molecule has 0 saturated carbocycles. The molecule has 0 bridgehead atoms. The fraction of sp³-hybridized carbons (Fsp3) is 0.263. The van der Waals surface area contributed by atoms with Crippen molar-refractivity contribution >= 4 is 23.0 Å². The van der Waals surface area contributed by atoms with Gasteiger partial charge in [-0.15, -0.1) is 0 Å². The summed E-state index contributed by atoms with van der Waals surface area (Å²) in [5, 5.41) is 10.3. The van der Waals surface area contributed by atoms with Crippen LogP contribution in [0.5, 0.6) is 0 Å². The third kappa shape index (κ3) is 3.46. The van der Waals surface area contributed by atoms with Gasteiger partial charge in [-0.3, -0.25) is 0 Å². The lowest BCUT2D eigenvalue weighted by Gasteiger charge is -2.24. The number of benzene rings is 2. The number of hydrogen-bond donors (Lipinski definition) is 1. The summed E-state index contributed by atoms with van der Waals surface area (Å²) in [5.74, 6) is -0.239. The highest BCUT2D eigenvalue weighted by Gasteiger charge is 2.31. The molecule has 2 aromatic carbocycles. The number of hydrazone groups is 1. The van der Waals surface area contributed by atoms with Crippen LogP contribution in [0, 0.1) is 12.7 Å². The monoisotopic (exact) mass is 341 g/mol. The van der Waals surface area contributed by atoms with Gasteiger partial charge < -0.3 is 5.32 Å². The first-order chi connectivity index (χ1) is 11.6. The van der Waals surface area contributed by atoms with Crippen molar-refractivity contribution in [3.8, 4) is 0 Å². The molecule has 0 amide bonds. The van der Waals surface area contributed by atoms with E-state index in [4.69, 9.17) is 17.3 Å². The van der Waals surface area contributed by atoms with Crippen LogP contribution >= 0.6 is 12.2 Å². The summed E-state index contributed by atoms with van der Waals surface area (Å²) in [4.78, 5) is 0. The average Bonchev–Trinajstić information content (AvgIpc) is 3.02. The highest BCUT2D eigenvalue weighted by Crippen LogP contribution is 2.32. The van der Waals surface area contributed by atoms with Gasteiger partial charge in [0, 0.05) is 13.0 Å². The summed E-state index contributed by atoms with van der Waals surface area (Å²) < 4.78 is 13.2. The fourth-order valence-electron chi connectivity index (χ4n) is 2.79. The summed E-state index contributed by atoms with van der Waals surface area (Å²) in [6.07, 6.45) is 0.736. The number of aryl methyl sites for hydroxylation is 1. The van der Waals surface area contributed by atoms with Crippen molar-refractivity contribution in [1.29, 1.82) is 0 Å². The molecule has 2 aromatic rings. The molecule has 0 aromatic heterocycles. The summed E-state index contributed by atoms with van der Waals surface area (Å²) in [6.45, 7) is 4.80. The Labute approximate surface area is 147 Å². The average molecular weight is 341 g/mol. The van der Waals surface area contributed by atoms with Crippen LogP contribution in [0.25, 0.3) is 0 Å². The lowest BCUT2D eigenvalue weighted by Crippen LogP contribution is -2.36. The van der Waals surface area contributed by atoms with Crippen LogP contribution in [0.1, 0.15) is 36.1 Å². The molecule has 0 aliphatic carbocycles. The molecule has 0 saturated heterocycles. The van der Waals surface area contributed by atoms with Crippen molar-refractivity contribution in [3.05, 3.63) is 71.0 Å². The lowest BCUT2D eigenvalue weighted by molar-refractivity contribution is 0.364. The number of nitrogens with zero attached hydrogens (tertiary/aromatic N) is 2. The number of thiocarbonyl (C=S) groups is 1. The van der Waals surface area contributed by atoms with E-state index in [1.165, 1.54) is 17.7 Å². The predicted molar refractivity (Wildman–Crippen MR) is 99.6 cm³/mol. The zero-order chi connectivity index (χ0) is 17.1. The molecule has 1 atom stereocenters. The second-order valence-electron chi connectivity index (χ2n) is 5.86. The van der Waals surface area contributed by atoms with Gasteiger partial charge in [0.25, 0.3) is 0 Å². The molecule has 1 heterocycles. The van der Waals surface area contributed by atoms with Crippen LogP contribution < -0.4 is 5.32 Å². The molecule has 3 rings (SSSR count). The Morgan fingerprint density at radius 1 is 1.21 bits per heavy atom. The molecule has 1 unspecified atom stereocenters. The zero-order valence-electron chi connectivity index (χ0n) is 13.8. The Morgan fingerprint density at radius 3 is 2.50 bits per heavy atom. The smallest absolute Gasteiger partial charge is 0.190 e. The Balaban J connectivity index is 1.92. The normalized spacial score (nSPS) is 16.9. The first kappa shape index (κ1) is 16.6. The SMILES string of the molecule is CCNC(=S)N1N=C(c2ccc(C)cc2)CC1c1ccc(F)cc1. The fourth-order valence-corrected chi connectivity index (χ4v) is 3.11. The van der Waals surface area contributed by atoms with Crippen molar-refractivity contribution in [1.82, 2.24) is 10.3 Å². The van der Waals surface area contributed by atoms with Crippen molar-refractivity contribution < 1.29 is 4.39 Å². The minimum Gasteiger partial charge on any atom is -0.361 e. The lowest BCUT2D eigenvalue weighted by atomic mass is 9.98. The van der Waals surface area contributed by atoms with Crippen molar-refractivity contribution in [3.63, 3.8) is 0 Å². The molecule has 124 valence electrons. The van der Waals surface area contributed by atoms with Crippen molar-refractivity contribution in [2.24, 2.45) is 5.10 Å². The van der Waals surface area contributed by atoms with Gasteiger partial charge in [0.15, 0.2) is 5.11 Å². The number of hydrogen-bond acceptors (Lipinski definition) is 2. The summed E-state index contributed by atoms with van der Waals surface area (Å²) in [5.41, 5.74) is 4.30. The summed E-state index contributed by atoms with van der Waals surface area (Å²) in [6, 6.07) is 14.9. The minimum absolute atomic E-state index is 0.0200. The maximum atomic E-state index is 13.2. The molecular formula is C19H20FN3S. The molecule has 0 spiro atoms. The highest BCUT2D eigenvalue weighted by atomic mass is 32.1. The van der Waals surface area contributed by atoms with Crippen molar-refractivity contribution in [2.75, 3.05) is 6.54 Å². The molecule has 3 nitrogen and oxygen atoms in total. The van der Waals surface area contributed by atoms with Crippen LogP contribution in [-0.2, 0) is 0 Å². The van der Waals surface area contributed by atoms with Crippen LogP contribution in [0.15, 0.2) is 53.6 Å². The molecule has 0 radical (unpaired) electrons. The van der Waals surface area contributed by atoms with E-state index in [1.54, 1.807) is 12.1 Å². The first-order valence-electron chi connectivity index (χ1n) is 8.05. The van der Waals surface area contributed by atoms with Crippen molar-refractivity contribution in [2.45, 2.75) is 26.3 Å². The molecule has 0 fully saturated rings. The van der Waals surface area contributed by atoms with E-state index in [0.717, 1.165) is 29.8 Å². The largest absolute Gasteiger partial charge is 0.361 e. The zero-order valence-corrected chi connectivity index (χ0v) is 14.6. The molecule has 24 heavy (non-hydrogen) atoms. The second kappa shape index (κ2) is 7.09. The van der Waals surface area contributed by atoms with Crippen LogP contribution in [-0.4, -0.2) is 22.4 Å². The molecule has 5 heteroatoms. The van der Waals surface area contributed by atoms with E-state index in [9.17, 15) is 4.39 Å². The summed E-state index contributed by atoms with van der Waals surface area (Å²) >= 11 is 5.47. The first-order valence-corrected chi connectivity index (χ1v) is 8.46. The van der Waals surface area contributed by atoms with Crippen LogP contribution in [0.2, 0.25) is 0 Å². The third-order valence-corrected chi connectivity index (χ3v) is 4.42. The second-order valence-corrected chi connectivity index (χ2v) is 6.25. The van der Waals surface area contributed by atoms with Crippen LogP contribution in [0.3, 0.4) is 0 Å². The number of halogens is 1. The Hall–Kier alpha value is -2.27. The van der Waals surface area contributed by atoms with Gasteiger partial charge in [0.2, 0.25) is 0 Å². The topological polar surface area (TPSA) is 27.6 Å². The maximum Gasteiger partial charge on any atom is 0.190 e. The van der Waals surface area contributed by atoms with Gasteiger partial charge in [-0.1, -0.05) is 42.0 Å². The summed E-state index contributed by atoms with van der Waals surface area (Å²) in [7, 11) is 0. The van der Waals surface area contributed by atoms with Gasteiger partial charge >= 0.3 is 0 Å². The van der Waals surface area contributed by atoms with Gasteiger partial charge in [0.1, 0.15) is 5.82 Å². The molecule has 1 aliphatic rings. The molecular weight excluding hydrogens is 321 g/mol. The third-order valence-electron chi connectivity index (χ3n) is 4.09. The van der Waals surface area contributed by atoms with E-state index in [0.29, 0.717) is 5.11 Å². The minimum atomic E-state index is -0.239. The predicted octanol–water partition coefficient (Wildman–Crippen LogP) is 4.18. The Kier molecular flexibility index (Phi) is 4.90. The van der Waals surface area contributed by atoms with Gasteiger partial charge in [0.05, 0.1) is 11.8 Å². The van der Waals surface area contributed by atoms with E-state index in [-0.39, 0.29) is 11.9 Å². The Morgan fingerprint density at radius 2 is 1.88 bits per heavy atom. The quantitative estimate of drug-likeness (QED) is 0.849. The number of nitrogens with one attached hydrogen (secondary N) is 1.